The monoisotopic (exact) mass is 239 g/mol. The van der Waals surface area contributed by atoms with E-state index in [1.165, 1.54) is 6.54 Å². The van der Waals surface area contributed by atoms with Gasteiger partial charge < -0.3 is 9.80 Å². The van der Waals surface area contributed by atoms with Crippen molar-refractivity contribution in [3.05, 3.63) is 0 Å². The summed E-state index contributed by atoms with van der Waals surface area (Å²) in [6, 6.07) is 0.620. The van der Waals surface area contributed by atoms with Gasteiger partial charge in [0.1, 0.15) is 5.78 Å². The Labute approximate surface area is 105 Å². The van der Waals surface area contributed by atoms with Gasteiger partial charge in [-0.1, -0.05) is 6.92 Å². The van der Waals surface area contributed by atoms with Crippen LogP contribution in [0.15, 0.2) is 0 Å². The molecule has 2 heterocycles. The van der Waals surface area contributed by atoms with Gasteiger partial charge in [-0.15, -0.1) is 0 Å². The van der Waals surface area contributed by atoms with E-state index in [0.29, 0.717) is 11.8 Å². The quantitative estimate of drug-likeness (QED) is 0.685. The highest BCUT2D eigenvalue weighted by Crippen LogP contribution is 2.15. The van der Waals surface area contributed by atoms with Crippen LogP contribution in [0.3, 0.4) is 0 Å². The number of carbonyl (C=O) groups excluding carboxylic acids is 1. The smallest absolute Gasteiger partial charge is 0.138 e. The molecule has 0 spiro atoms. The van der Waals surface area contributed by atoms with Gasteiger partial charge in [-0.25, -0.2) is 0 Å². The average molecular weight is 239 g/mol. The minimum Gasteiger partial charge on any atom is -0.303 e. The minimum atomic E-state index is 0.232. The molecule has 0 amide bonds. The van der Waals surface area contributed by atoms with Gasteiger partial charge in [0, 0.05) is 57.6 Å². The Morgan fingerprint density at radius 3 is 2.65 bits per heavy atom. The molecule has 2 aliphatic rings. The van der Waals surface area contributed by atoms with Gasteiger partial charge in [0.15, 0.2) is 0 Å². The fourth-order valence-corrected chi connectivity index (χ4v) is 2.86. The van der Waals surface area contributed by atoms with Crippen molar-refractivity contribution in [2.75, 3.05) is 53.4 Å². The van der Waals surface area contributed by atoms with Crippen LogP contribution in [-0.4, -0.2) is 79.9 Å². The molecule has 98 valence electrons. The van der Waals surface area contributed by atoms with Gasteiger partial charge in [0.05, 0.1) is 0 Å². The lowest BCUT2D eigenvalue weighted by molar-refractivity contribution is -0.125. The summed E-state index contributed by atoms with van der Waals surface area (Å²) >= 11 is 0. The minimum absolute atomic E-state index is 0.232. The zero-order valence-electron chi connectivity index (χ0n) is 11.4. The summed E-state index contributed by atoms with van der Waals surface area (Å²) in [6.07, 6.45) is 0.743. The van der Waals surface area contributed by atoms with Crippen molar-refractivity contribution in [3.8, 4) is 0 Å². The van der Waals surface area contributed by atoms with Gasteiger partial charge in [-0.3, -0.25) is 9.69 Å². The van der Waals surface area contributed by atoms with Crippen LogP contribution in [0.1, 0.15) is 13.3 Å². The second-order valence-electron chi connectivity index (χ2n) is 5.77. The Kier molecular flexibility index (Phi) is 4.17. The number of carbonyl (C=O) groups is 1. The highest BCUT2D eigenvalue weighted by atomic mass is 16.1. The number of Topliss-reactive ketones (excluding diaryl/α,β-unsaturated/α-hetero) is 1. The van der Waals surface area contributed by atoms with Crippen molar-refractivity contribution < 1.29 is 4.79 Å². The zero-order valence-corrected chi connectivity index (χ0v) is 11.4. The van der Waals surface area contributed by atoms with Crippen molar-refractivity contribution in [3.63, 3.8) is 0 Å². The SMILES string of the molecule is CC1CN(CC2CN(C)CCN2C)CCC1=O. The first-order valence-corrected chi connectivity index (χ1v) is 6.70. The summed E-state index contributed by atoms with van der Waals surface area (Å²) in [5.74, 6) is 0.672. The normalized spacial score (nSPS) is 34.2. The van der Waals surface area contributed by atoms with Crippen molar-refractivity contribution in [1.82, 2.24) is 14.7 Å². The summed E-state index contributed by atoms with van der Waals surface area (Å²) in [6.45, 7) is 8.55. The number of likely N-dealkylation sites (tertiary alicyclic amines) is 1. The Hall–Kier alpha value is -0.450. The maximum atomic E-state index is 11.5. The van der Waals surface area contributed by atoms with Crippen LogP contribution in [0.2, 0.25) is 0 Å². The van der Waals surface area contributed by atoms with Gasteiger partial charge in [0.25, 0.3) is 0 Å². The number of likely N-dealkylation sites (N-methyl/N-ethyl adjacent to an activating group) is 2. The van der Waals surface area contributed by atoms with E-state index in [2.05, 4.69) is 35.7 Å². The summed E-state index contributed by atoms with van der Waals surface area (Å²) in [4.78, 5) is 18.8. The summed E-state index contributed by atoms with van der Waals surface area (Å²) in [7, 11) is 4.42. The number of hydrogen-bond acceptors (Lipinski definition) is 4. The highest BCUT2D eigenvalue weighted by molar-refractivity contribution is 5.81. The Balaban J connectivity index is 1.85. The zero-order chi connectivity index (χ0) is 12.4. The molecule has 0 radical (unpaired) electrons. The summed E-state index contributed by atoms with van der Waals surface area (Å²) < 4.78 is 0. The number of piperidine rings is 1. The third kappa shape index (κ3) is 3.27. The lowest BCUT2D eigenvalue weighted by atomic mass is 9.98. The molecule has 4 nitrogen and oxygen atoms in total. The lowest BCUT2D eigenvalue weighted by Crippen LogP contribution is -2.55. The molecule has 17 heavy (non-hydrogen) atoms. The number of piperazine rings is 1. The van der Waals surface area contributed by atoms with E-state index >= 15 is 0 Å². The molecule has 0 aromatic rings. The third-order valence-electron chi connectivity index (χ3n) is 4.21. The molecular weight excluding hydrogens is 214 g/mol. The first kappa shape index (κ1) is 13.0. The molecule has 0 aromatic heterocycles. The van der Waals surface area contributed by atoms with Gasteiger partial charge >= 0.3 is 0 Å². The van der Waals surface area contributed by atoms with Crippen molar-refractivity contribution in [2.24, 2.45) is 5.92 Å². The van der Waals surface area contributed by atoms with Gasteiger partial charge in [-0.2, -0.15) is 0 Å². The average Bonchev–Trinajstić information content (AvgIpc) is 2.29. The molecule has 2 rings (SSSR count). The second-order valence-corrected chi connectivity index (χ2v) is 5.77. The van der Waals surface area contributed by atoms with E-state index in [4.69, 9.17) is 0 Å². The maximum Gasteiger partial charge on any atom is 0.138 e. The molecule has 0 N–H and O–H groups in total. The number of rotatable bonds is 2. The fourth-order valence-electron chi connectivity index (χ4n) is 2.86. The molecule has 4 heteroatoms. The van der Waals surface area contributed by atoms with Gasteiger partial charge in [0.2, 0.25) is 0 Å². The molecule has 0 aliphatic carbocycles. The molecule has 2 fully saturated rings. The topological polar surface area (TPSA) is 26.8 Å². The van der Waals surface area contributed by atoms with E-state index in [1.807, 2.05) is 0 Å². The fraction of sp³-hybridized carbons (Fsp3) is 0.923. The van der Waals surface area contributed by atoms with Crippen LogP contribution in [0.5, 0.6) is 0 Å². The van der Waals surface area contributed by atoms with Crippen LogP contribution < -0.4 is 0 Å². The summed E-state index contributed by atoms with van der Waals surface area (Å²) in [5, 5.41) is 0. The van der Waals surface area contributed by atoms with E-state index in [9.17, 15) is 4.79 Å². The second kappa shape index (κ2) is 5.46. The van der Waals surface area contributed by atoms with Crippen molar-refractivity contribution in [2.45, 2.75) is 19.4 Å². The van der Waals surface area contributed by atoms with E-state index in [1.54, 1.807) is 0 Å². The van der Waals surface area contributed by atoms with Crippen molar-refractivity contribution in [1.29, 1.82) is 0 Å². The van der Waals surface area contributed by atoms with Crippen molar-refractivity contribution >= 4 is 5.78 Å². The molecule has 0 aromatic carbocycles. The molecule has 0 bridgehead atoms. The number of ketones is 1. The predicted molar refractivity (Wildman–Crippen MR) is 69.1 cm³/mol. The van der Waals surface area contributed by atoms with E-state index < -0.39 is 0 Å². The highest BCUT2D eigenvalue weighted by Gasteiger charge is 2.28. The Bertz CT molecular complexity index is 282. The molecule has 0 saturated carbocycles. The van der Waals surface area contributed by atoms with E-state index in [-0.39, 0.29) is 5.92 Å². The van der Waals surface area contributed by atoms with Crippen LogP contribution >= 0.6 is 0 Å². The van der Waals surface area contributed by atoms with Crippen LogP contribution in [0.25, 0.3) is 0 Å². The van der Waals surface area contributed by atoms with Crippen LogP contribution in [0, 0.1) is 5.92 Å². The third-order valence-corrected chi connectivity index (χ3v) is 4.21. The Morgan fingerprint density at radius 1 is 1.18 bits per heavy atom. The molecular formula is C13H25N3O. The summed E-state index contributed by atoms with van der Waals surface area (Å²) in [5.41, 5.74) is 0. The van der Waals surface area contributed by atoms with Gasteiger partial charge in [-0.05, 0) is 14.1 Å². The maximum absolute atomic E-state index is 11.5. The first-order valence-electron chi connectivity index (χ1n) is 6.70. The standard InChI is InChI=1S/C13H25N3O/c1-11-8-16(5-4-13(11)17)10-12-9-14(2)6-7-15(12)3/h11-12H,4-10H2,1-3H3. The molecule has 2 atom stereocenters. The van der Waals surface area contributed by atoms with Crippen LogP contribution in [-0.2, 0) is 4.79 Å². The van der Waals surface area contributed by atoms with E-state index in [0.717, 1.165) is 39.1 Å². The molecule has 2 saturated heterocycles. The number of nitrogens with zero attached hydrogens (tertiary/aromatic N) is 3. The first-order chi connectivity index (χ1) is 8.06. The lowest BCUT2D eigenvalue weighted by Gasteiger charge is -2.41. The predicted octanol–water partition coefficient (Wildman–Crippen LogP) is 0.143. The largest absolute Gasteiger partial charge is 0.303 e. The molecule has 2 aliphatic heterocycles. The van der Waals surface area contributed by atoms with Crippen LogP contribution in [0.4, 0.5) is 0 Å². The Morgan fingerprint density at radius 2 is 1.94 bits per heavy atom. The number of hydrogen-bond donors (Lipinski definition) is 0. The molecule has 2 unspecified atom stereocenters.